The Hall–Kier alpha value is -1.72. The first-order valence-electron chi connectivity index (χ1n) is 6.66. The molecule has 1 amide bonds. The lowest BCUT2D eigenvalue weighted by Crippen LogP contribution is -2.39. The number of hydrogen-bond acceptors (Lipinski definition) is 2. The van der Waals surface area contributed by atoms with Gasteiger partial charge in [0.2, 0.25) is 0 Å². The summed E-state index contributed by atoms with van der Waals surface area (Å²) in [6, 6.07) is 14.4. The highest BCUT2D eigenvalue weighted by Gasteiger charge is 2.14. The SMILES string of the molecule is O=C(O)N[C@H](COc1ccccc1Br)Cc1ccc(Cl)cc1. The van der Waals surface area contributed by atoms with Crippen LogP contribution in [0.4, 0.5) is 4.79 Å². The predicted molar refractivity (Wildman–Crippen MR) is 89.7 cm³/mol. The van der Waals surface area contributed by atoms with Gasteiger partial charge in [-0.05, 0) is 52.2 Å². The van der Waals surface area contributed by atoms with E-state index in [1.54, 1.807) is 12.1 Å². The minimum atomic E-state index is -1.07. The summed E-state index contributed by atoms with van der Waals surface area (Å²) in [4.78, 5) is 10.9. The van der Waals surface area contributed by atoms with Crippen LogP contribution in [0.25, 0.3) is 0 Å². The lowest BCUT2D eigenvalue weighted by molar-refractivity contribution is 0.180. The van der Waals surface area contributed by atoms with Crippen molar-refractivity contribution in [3.8, 4) is 5.75 Å². The van der Waals surface area contributed by atoms with Crippen molar-refractivity contribution in [1.82, 2.24) is 5.32 Å². The number of halogens is 2. The van der Waals surface area contributed by atoms with Crippen LogP contribution < -0.4 is 10.1 Å². The molecule has 6 heteroatoms. The van der Waals surface area contributed by atoms with Gasteiger partial charge < -0.3 is 15.2 Å². The van der Waals surface area contributed by atoms with Crippen molar-refractivity contribution >= 4 is 33.6 Å². The van der Waals surface area contributed by atoms with Gasteiger partial charge in [0.25, 0.3) is 0 Å². The van der Waals surface area contributed by atoms with Crippen molar-refractivity contribution in [3.63, 3.8) is 0 Å². The van der Waals surface area contributed by atoms with Crippen molar-refractivity contribution in [2.24, 2.45) is 0 Å². The topological polar surface area (TPSA) is 58.6 Å². The van der Waals surface area contributed by atoms with Crippen molar-refractivity contribution in [1.29, 1.82) is 0 Å². The minimum Gasteiger partial charge on any atom is -0.490 e. The second kappa shape index (κ2) is 8.06. The van der Waals surface area contributed by atoms with Crippen LogP contribution in [0.15, 0.2) is 53.0 Å². The molecular formula is C16H15BrClNO3. The molecule has 2 aromatic carbocycles. The van der Waals surface area contributed by atoms with Gasteiger partial charge in [0.1, 0.15) is 12.4 Å². The number of hydrogen-bond donors (Lipinski definition) is 2. The number of ether oxygens (including phenoxy) is 1. The van der Waals surface area contributed by atoms with Gasteiger partial charge in [-0.25, -0.2) is 4.79 Å². The Morgan fingerprint density at radius 2 is 1.91 bits per heavy atom. The van der Waals surface area contributed by atoms with E-state index in [2.05, 4.69) is 21.2 Å². The Morgan fingerprint density at radius 3 is 2.55 bits per heavy atom. The first-order valence-corrected chi connectivity index (χ1v) is 7.83. The first kappa shape index (κ1) is 16.6. The lowest BCUT2D eigenvalue weighted by atomic mass is 10.1. The Bertz CT molecular complexity index is 634. The third-order valence-electron chi connectivity index (χ3n) is 3.00. The number of nitrogens with one attached hydrogen (secondary N) is 1. The van der Waals surface area contributed by atoms with Crippen molar-refractivity contribution in [2.45, 2.75) is 12.5 Å². The lowest BCUT2D eigenvalue weighted by Gasteiger charge is -2.18. The van der Waals surface area contributed by atoms with Crippen LogP contribution in [-0.2, 0) is 6.42 Å². The van der Waals surface area contributed by atoms with Crippen LogP contribution in [0.3, 0.4) is 0 Å². The average molecular weight is 385 g/mol. The van der Waals surface area contributed by atoms with E-state index in [4.69, 9.17) is 21.4 Å². The highest BCUT2D eigenvalue weighted by atomic mass is 79.9. The summed E-state index contributed by atoms with van der Waals surface area (Å²) >= 11 is 9.25. The van der Waals surface area contributed by atoms with Gasteiger partial charge in [-0.1, -0.05) is 35.9 Å². The number of carbonyl (C=O) groups is 1. The molecule has 0 spiro atoms. The Kier molecular flexibility index (Phi) is 6.10. The molecule has 0 aliphatic heterocycles. The molecule has 0 bridgehead atoms. The molecule has 4 nitrogen and oxygen atoms in total. The van der Waals surface area contributed by atoms with E-state index in [1.807, 2.05) is 36.4 Å². The zero-order valence-electron chi connectivity index (χ0n) is 11.6. The summed E-state index contributed by atoms with van der Waals surface area (Å²) in [5.41, 5.74) is 0.985. The molecule has 22 heavy (non-hydrogen) atoms. The molecule has 0 saturated heterocycles. The van der Waals surface area contributed by atoms with Crippen LogP contribution in [0.1, 0.15) is 5.56 Å². The average Bonchev–Trinajstić information content (AvgIpc) is 2.48. The normalized spacial score (nSPS) is 11.7. The van der Waals surface area contributed by atoms with Crippen LogP contribution in [0.5, 0.6) is 5.75 Å². The molecule has 2 rings (SSSR count). The fourth-order valence-corrected chi connectivity index (χ4v) is 2.51. The molecule has 0 saturated carbocycles. The van der Waals surface area contributed by atoms with Crippen LogP contribution >= 0.6 is 27.5 Å². The van der Waals surface area contributed by atoms with E-state index in [0.29, 0.717) is 17.2 Å². The van der Waals surface area contributed by atoms with E-state index in [-0.39, 0.29) is 12.6 Å². The molecule has 0 radical (unpaired) electrons. The molecule has 0 aliphatic carbocycles. The van der Waals surface area contributed by atoms with E-state index in [0.717, 1.165) is 10.0 Å². The van der Waals surface area contributed by atoms with E-state index in [9.17, 15) is 4.79 Å². The van der Waals surface area contributed by atoms with Crippen LogP contribution in [-0.4, -0.2) is 23.8 Å². The standard InChI is InChI=1S/C16H15BrClNO3/c17-14-3-1-2-4-15(14)22-10-13(19-16(20)21)9-11-5-7-12(18)8-6-11/h1-8,13,19H,9-10H2,(H,20,21)/t13-/m0/s1. The smallest absolute Gasteiger partial charge is 0.405 e. The number of carboxylic acid groups (broad SMARTS) is 1. The fraction of sp³-hybridized carbons (Fsp3) is 0.188. The molecular weight excluding hydrogens is 370 g/mol. The molecule has 0 unspecified atom stereocenters. The van der Waals surface area contributed by atoms with Crippen molar-refractivity contribution in [2.75, 3.05) is 6.61 Å². The highest BCUT2D eigenvalue weighted by molar-refractivity contribution is 9.10. The summed E-state index contributed by atoms with van der Waals surface area (Å²) in [5.74, 6) is 0.677. The van der Waals surface area contributed by atoms with Gasteiger partial charge >= 0.3 is 6.09 Å². The van der Waals surface area contributed by atoms with Crippen molar-refractivity contribution in [3.05, 3.63) is 63.6 Å². The molecule has 1 atom stereocenters. The maximum atomic E-state index is 10.9. The number of amides is 1. The first-order chi connectivity index (χ1) is 10.5. The number of para-hydroxylation sites is 1. The van der Waals surface area contributed by atoms with E-state index >= 15 is 0 Å². The van der Waals surface area contributed by atoms with Gasteiger partial charge in [0, 0.05) is 5.02 Å². The van der Waals surface area contributed by atoms with Gasteiger partial charge in [-0.15, -0.1) is 0 Å². The molecule has 116 valence electrons. The highest BCUT2D eigenvalue weighted by Crippen LogP contribution is 2.24. The summed E-state index contributed by atoms with van der Waals surface area (Å²) in [6.07, 6.45) is -0.553. The fourth-order valence-electron chi connectivity index (χ4n) is 1.98. The molecule has 2 aromatic rings. The summed E-state index contributed by atoms with van der Waals surface area (Å²) in [6.45, 7) is 0.234. The molecule has 0 fully saturated rings. The third-order valence-corrected chi connectivity index (χ3v) is 3.91. The third kappa shape index (κ3) is 5.24. The Labute approximate surface area is 142 Å². The summed E-state index contributed by atoms with van der Waals surface area (Å²) in [5, 5.41) is 12.1. The van der Waals surface area contributed by atoms with Crippen LogP contribution in [0, 0.1) is 0 Å². The summed E-state index contributed by atoms with van der Waals surface area (Å²) in [7, 11) is 0. The minimum absolute atomic E-state index is 0.234. The second-order valence-corrected chi connectivity index (χ2v) is 6.01. The number of rotatable bonds is 6. The monoisotopic (exact) mass is 383 g/mol. The van der Waals surface area contributed by atoms with Gasteiger partial charge in [-0.3, -0.25) is 0 Å². The Balaban J connectivity index is 2.01. The molecule has 0 heterocycles. The van der Waals surface area contributed by atoms with Crippen molar-refractivity contribution < 1.29 is 14.6 Å². The molecule has 2 N–H and O–H groups in total. The second-order valence-electron chi connectivity index (χ2n) is 4.72. The predicted octanol–water partition coefficient (Wildman–Crippen LogP) is 4.36. The van der Waals surface area contributed by atoms with Gasteiger partial charge in [-0.2, -0.15) is 0 Å². The Morgan fingerprint density at radius 1 is 1.23 bits per heavy atom. The number of benzene rings is 2. The van der Waals surface area contributed by atoms with Crippen LogP contribution in [0.2, 0.25) is 5.02 Å². The maximum absolute atomic E-state index is 10.9. The molecule has 0 aromatic heterocycles. The van der Waals surface area contributed by atoms with E-state index < -0.39 is 6.09 Å². The largest absolute Gasteiger partial charge is 0.490 e. The zero-order chi connectivity index (χ0) is 15.9. The maximum Gasteiger partial charge on any atom is 0.405 e. The van der Waals surface area contributed by atoms with Gasteiger partial charge in [0.15, 0.2) is 0 Å². The zero-order valence-corrected chi connectivity index (χ0v) is 14.0. The quantitative estimate of drug-likeness (QED) is 0.778. The summed E-state index contributed by atoms with van der Waals surface area (Å²) < 4.78 is 6.53. The van der Waals surface area contributed by atoms with Gasteiger partial charge in [0.05, 0.1) is 10.5 Å². The molecule has 0 aliphatic rings. The van der Waals surface area contributed by atoms with E-state index in [1.165, 1.54) is 0 Å².